The van der Waals surface area contributed by atoms with Crippen molar-refractivity contribution in [3.8, 4) is 0 Å². The van der Waals surface area contributed by atoms with Gasteiger partial charge in [-0.15, -0.1) is 0 Å². The normalized spacial score (nSPS) is 18.0. The van der Waals surface area contributed by atoms with Gasteiger partial charge in [-0.3, -0.25) is 4.79 Å². The minimum absolute atomic E-state index is 0.281. The van der Waals surface area contributed by atoms with Crippen LogP contribution in [0, 0.1) is 0 Å². The Labute approximate surface area is 102 Å². The fourth-order valence-corrected chi connectivity index (χ4v) is 2.45. The molecule has 2 N–H and O–H groups in total. The van der Waals surface area contributed by atoms with Crippen LogP contribution in [0.1, 0.15) is 42.9 Å². The van der Waals surface area contributed by atoms with Gasteiger partial charge in [-0.1, -0.05) is 24.3 Å². The number of rotatable bonds is 6. The number of hydrogen-bond acceptors (Lipinski definition) is 2. The maximum absolute atomic E-state index is 10.4. The summed E-state index contributed by atoms with van der Waals surface area (Å²) in [5, 5.41) is 12.1. The molecule has 0 aromatic heterocycles. The molecular weight excluding hydrogens is 214 g/mol. The zero-order chi connectivity index (χ0) is 12.1. The highest BCUT2D eigenvalue weighted by Crippen LogP contribution is 2.30. The highest BCUT2D eigenvalue weighted by atomic mass is 16.4. The third-order valence-corrected chi connectivity index (χ3v) is 3.34. The first kappa shape index (κ1) is 12.1. The van der Waals surface area contributed by atoms with Crippen molar-refractivity contribution in [3.05, 3.63) is 35.4 Å². The molecular formula is C14H19NO2. The maximum Gasteiger partial charge on any atom is 0.303 e. The molecule has 1 unspecified atom stereocenters. The van der Waals surface area contributed by atoms with Gasteiger partial charge in [0.25, 0.3) is 0 Å². The van der Waals surface area contributed by atoms with E-state index in [-0.39, 0.29) is 6.42 Å². The number of benzene rings is 1. The zero-order valence-corrected chi connectivity index (χ0v) is 9.98. The van der Waals surface area contributed by atoms with Crippen LogP contribution in [-0.4, -0.2) is 17.6 Å². The standard InChI is InChI=1S/C14H19NO2/c16-14(17)7-3-4-10-15-13-9-8-11-5-1-2-6-12(11)13/h1-2,5-6,13,15H,3-4,7-10H2,(H,16,17). The van der Waals surface area contributed by atoms with E-state index in [9.17, 15) is 4.79 Å². The molecule has 1 aromatic rings. The number of hydrogen-bond donors (Lipinski definition) is 2. The Bertz CT molecular complexity index is 390. The molecule has 1 aliphatic rings. The van der Waals surface area contributed by atoms with Crippen LogP contribution in [0.4, 0.5) is 0 Å². The van der Waals surface area contributed by atoms with Crippen LogP contribution in [0.15, 0.2) is 24.3 Å². The summed E-state index contributed by atoms with van der Waals surface area (Å²) in [6.07, 6.45) is 4.30. The van der Waals surface area contributed by atoms with E-state index in [1.165, 1.54) is 11.1 Å². The van der Waals surface area contributed by atoms with Crippen LogP contribution in [0.2, 0.25) is 0 Å². The predicted molar refractivity (Wildman–Crippen MR) is 67.0 cm³/mol. The Hall–Kier alpha value is -1.35. The molecule has 0 heterocycles. The van der Waals surface area contributed by atoms with Crippen molar-refractivity contribution in [3.63, 3.8) is 0 Å². The van der Waals surface area contributed by atoms with E-state index < -0.39 is 5.97 Å². The highest BCUT2D eigenvalue weighted by Gasteiger charge is 2.20. The Morgan fingerprint density at radius 3 is 3.00 bits per heavy atom. The van der Waals surface area contributed by atoms with Crippen molar-refractivity contribution in [1.82, 2.24) is 5.32 Å². The van der Waals surface area contributed by atoms with Crippen molar-refractivity contribution in [1.29, 1.82) is 0 Å². The summed E-state index contributed by atoms with van der Waals surface area (Å²) in [5.41, 5.74) is 2.88. The summed E-state index contributed by atoms with van der Waals surface area (Å²) in [7, 11) is 0. The Balaban J connectivity index is 1.73. The molecule has 0 amide bonds. The Morgan fingerprint density at radius 1 is 1.35 bits per heavy atom. The average Bonchev–Trinajstić information content (AvgIpc) is 2.72. The van der Waals surface area contributed by atoms with Crippen LogP contribution in [-0.2, 0) is 11.2 Å². The summed E-state index contributed by atoms with van der Waals surface area (Å²) >= 11 is 0. The molecule has 92 valence electrons. The molecule has 0 aliphatic heterocycles. The lowest BCUT2D eigenvalue weighted by Crippen LogP contribution is -2.20. The molecule has 0 radical (unpaired) electrons. The van der Waals surface area contributed by atoms with Gasteiger partial charge in [-0.2, -0.15) is 0 Å². The van der Waals surface area contributed by atoms with E-state index in [4.69, 9.17) is 5.11 Å². The second-order valence-electron chi connectivity index (χ2n) is 4.60. The van der Waals surface area contributed by atoms with Crippen molar-refractivity contribution in [2.75, 3.05) is 6.54 Å². The van der Waals surface area contributed by atoms with Crippen molar-refractivity contribution in [2.45, 2.75) is 38.1 Å². The number of fused-ring (bicyclic) bond motifs is 1. The molecule has 3 heteroatoms. The zero-order valence-electron chi connectivity index (χ0n) is 9.98. The third kappa shape index (κ3) is 3.30. The van der Waals surface area contributed by atoms with Gasteiger partial charge in [-0.25, -0.2) is 0 Å². The lowest BCUT2D eigenvalue weighted by Gasteiger charge is -2.13. The first-order valence-electron chi connectivity index (χ1n) is 6.30. The van der Waals surface area contributed by atoms with E-state index in [2.05, 4.69) is 29.6 Å². The number of aryl methyl sites for hydroxylation is 1. The fourth-order valence-electron chi connectivity index (χ4n) is 2.45. The molecule has 1 atom stereocenters. The van der Waals surface area contributed by atoms with E-state index in [0.717, 1.165) is 32.2 Å². The van der Waals surface area contributed by atoms with Crippen LogP contribution >= 0.6 is 0 Å². The number of carboxylic acids is 1. The molecule has 0 spiro atoms. The molecule has 1 aliphatic carbocycles. The minimum atomic E-state index is -0.698. The van der Waals surface area contributed by atoms with E-state index in [1.807, 2.05) is 0 Å². The highest BCUT2D eigenvalue weighted by molar-refractivity contribution is 5.66. The molecule has 2 rings (SSSR count). The number of carboxylic acid groups (broad SMARTS) is 1. The first-order valence-corrected chi connectivity index (χ1v) is 6.30. The smallest absolute Gasteiger partial charge is 0.303 e. The maximum atomic E-state index is 10.4. The van der Waals surface area contributed by atoms with Gasteiger partial charge in [0.15, 0.2) is 0 Å². The fraction of sp³-hybridized carbons (Fsp3) is 0.500. The summed E-state index contributed by atoms with van der Waals surface area (Å²) in [5.74, 6) is -0.698. The number of aliphatic carboxylic acids is 1. The van der Waals surface area contributed by atoms with Crippen LogP contribution in [0.25, 0.3) is 0 Å². The van der Waals surface area contributed by atoms with E-state index in [1.54, 1.807) is 0 Å². The van der Waals surface area contributed by atoms with Gasteiger partial charge in [-0.05, 0) is 43.4 Å². The Kier molecular flexibility index (Phi) is 4.15. The summed E-state index contributed by atoms with van der Waals surface area (Å²) in [6.45, 7) is 0.909. The number of nitrogens with one attached hydrogen (secondary N) is 1. The van der Waals surface area contributed by atoms with Crippen molar-refractivity contribution < 1.29 is 9.90 Å². The monoisotopic (exact) mass is 233 g/mol. The second-order valence-corrected chi connectivity index (χ2v) is 4.60. The van der Waals surface area contributed by atoms with Gasteiger partial charge in [0, 0.05) is 12.5 Å². The first-order chi connectivity index (χ1) is 8.27. The average molecular weight is 233 g/mol. The van der Waals surface area contributed by atoms with Gasteiger partial charge < -0.3 is 10.4 Å². The second kappa shape index (κ2) is 5.82. The quantitative estimate of drug-likeness (QED) is 0.742. The predicted octanol–water partition coefficient (Wildman–Crippen LogP) is 2.52. The summed E-state index contributed by atoms with van der Waals surface area (Å²) < 4.78 is 0. The molecule has 0 saturated heterocycles. The lowest BCUT2D eigenvalue weighted by molar-refractivity contribution is -0.137. The van der Waals surface area contributed by atoms with E-state index in [0.29, 0.717) is 6.04 Å². The molecule has 0 bridgehead atoms. The Morgan fingerprint density at radius 2 is 2.18 bits per heavy atom. The van der Waals surface area contributed by atoms with Crippen molar-refractivity contribution >= 4 is 5.97 Å². The lowest BCUT2D eigenvalue weighted by atomic mass is 10.1. The molecule has 3 nitrogen and oxygen atoms in total. The van der Waals surface area contributed by atoms with Gasteiger partial charge in [0.2, 0.25) is 0 Å². The van der Waals surface area contributed by atoms with Crippen molar-refractivity contribution in [2.24, 2.45) is 0 Å². The molecule has 0 fully saturated rings. The molecule has 0 saturated carbocycles. The number of carbonyl (C=O) groups is 1. The topological polar surface area (TPSA) is 49.3 Å². The number of unbranched alkanes of at least 4 members (excludes halogenated alkanes) is 1. The van der Waals surface area contributed by atoms with Crippen LogP contribution < -0.4 is 5.32 Å². The summed E-state index contributed by atoms with van der Waals surface area (Å²) in [4.78, 5) is 10.4. The van der Waals surface area contributed by atoms with Crippen LogP contribution in [0.3, 0.4) is 0 Å². The van der Waals surface area contributed by atoms with E-state index >= 15 is 0 Å². The molecule has 1 aromatic carbocycles. The third-order valence-electron chi connectivity index (χ3n) is 3.34. The van der Waals surface area contributed by atoms with Gasteiger partial charge in [0.1, 0.15) is 0 Å². The van der Waals surface area contributed by atoms with Gasteiger partial charge >= 0.3 is 5.97 Å². The SMILES string of the molecule is O=C(O)CCCCNC1CCc2ccccc21. The summed E-state index contributed by atoms with van der Waals surface area (Å²) in [6, 6.07) is 9.03. The minimum Gasteiger partial charge on any atom is -0.481 e. The van der Waals surface area contributed by atoms with Gasteiger partial charge in [0.05, 0.1) is 0 Å². The van der Waals surface area contributed by atoms with Crippen LogP contribution in [0.5, 0.6) is 0 Å². The largest absolute Gasteiger partial charge is 0.481 e. The molecule has 17 heavy (non-hydrogen) atoms.